The first-order valence-corrected chi connectivity index (χ1v) is 8.82. The van der Waals surface area contributed by atoms with Crippen LogP contribution in [0.25, 0.3) is 11.4 Å². The molecule has 2 heterocycles. The molecule has 1 atom stereocenters. The normalized spacial score (nSPS) is 11.8. The number of rotatable bonds is 6. The number of aromatic amines is 1. The number of Topliss-reactive ketones (excluding diaryl/α,β-unsaturated/α-hetero) is 1. The number of aromatic nitrogens is 4. The second kappa shape index (κ2) is 7.92. The number of carbonyl (C=O) groups excluding carboxylic acids is 2. The number of hydrogen-bond donors (Lipinski definition) is 2. The highest BCUT2D eigenvalue weighted by atomic mass is 32.2. The molecule has 0 spiro atoms. The van der Waals surface area contributed by atoms with Crippen LogP contribution in [0.2, 0.25) is 0 Å². The van der Waals surface area contributed by atoms with E-state index >= 15 is 0 Å². The van der Waals surface area contributed by atoms with Crippen LogP contribution >= 0.6 is 11.8 Å². The summed E-state index contributed by atoms with van der Waals surface area (Å²) in [5.74, 6) is 0.423. The number of ketones is 1. The molecule has 8 heteroatoms. The molecule has 7 nitrogen and oxygen atoms in total. The zero-order valence-corrected chi connectivity index (χ0v) is 15.1. The van der Waals surface area contributed by atoms with Gasteiger partial charge in [-0.1, -0.05) is 11.8 Å². The van der Waals surface area contributed by atoms with E-state index in [9.17, 15) is 9.59 Å². The molecule has 1 aromatic carbocycles. The lowest BCUT2D eigenvalue weighted by Gasteiger charge is -2.10. The van der Waals surface area contributed by atoms with E-state index in [-0.39, 0.29) is 16.9 Å². The molecule has 0 fully saturated rings. The number of hydrogen-bond acceptors (Lipinski definition) is 6. The molecule has 0 saturated carbocycles. The van der Waals surface area contributed by atoms with Crippen LogP contribution in [0, 0.1) is 0 Å². The molecule has 0 aliphatic rings. The number of thioether (sulfide) groups is 1. The van der Waals surface area contributed by atoms with Gasteiger partial charge >= 0.3 is 0 Å². The van der Waals surface area contributed by atoms with E-state index in [2.05, 4.69) is 25.5 Å². The highest BCUT2D eigenvalue weighted by molar-refractivity contribution is 8.00. The maximum Gasteiger partial charge on any atom is 0.237 e. The number of H-pyrrole nitrogens is 1. The fourth-order valence-corrected chi connectivity index (χ4v) is 2.90. The predicted molar refractivity (Wildman–Crippen MR) is 100 cm³/mol. The largest absolute Gasteiger partial charge is 0.325 e. The molecule has 2 N–H and O–H groups in total. The van der Waals surface area contributed by atoms with Crippen molar-refractivity contribution >= 4 is 29.1 Å². The third-order valence-electron chi connectivity index (χ3n) is 3.61. The molecule has 26 heavy (non-hydrogen) atoms. The lowest BCUT2D eigenvalue weighted by molar-refractivity contribution is -0.115. The maximum absolute atomic E-state index is 12.3. The van der Waals surface area contributed by atoms with Crippen molar-refractivity contribution in [2.75, 3.05) is 5.32 Å². The molecule has 0 saturated heterocycles. The predicted octanol–water partition coefficient (Wildman–Crippen LogP) is 3.19. The average molecular weight is 367 g/mol. The summed E-state index contributed by atoms with van der Waals surface area (Å²) >= 11 is 1.25. The van der Waals surface area contributed by atoms with Crippen molar-refractivity contribution in [1.82, 2.24) is 20.2 Å². The fourth-order valence-electron chi connectivity index (χ4n) is 2.17. The van der Waals surface area contributed by atoms with Crippen LogP contribution < -0.4 is 5.32 Å². The summed E-state index contributed by atoms with van der Waals surface area (Å²) < 4.78 is 0. The van der Waals surface area contributed by atoms with Crippen molar-refractivity contribution in [2.45, 2.75) is 24.3 Å². The third kappa shape index (κ3) is 4.34. The standard InChI is InChI=1S/C18H17N5O2S/c1-11(24)13-5-7-15(8-6-13)20-17(25)12(2)26-18-21-16(22-23-18)14-4-3-9-19-10-14/h3-10,12H,1-2H3,(H,20,25)(H,21,22,23)/t12-/m1/s1. The fraction of sp³-hybridized carbons (Fsp3) is 0.167. The van der Waals surface area contributed by atoms with Gasteiger partial charge in [-0.05, 0) is 50.2 Å². The summed E-state index contributed by atoms with van der Waals surface area (Å²) in [5, 5.41) is 9.90. The Kier molecular flexibility index (Phi) is 5.43. The van der Waals surface area contributed by atoms with Crippen molar-refractivity contribution in [3.63, 3.8) is 0 Å². The molecule has 1 amide bonds. The molecule has 0 aliphatic carbocycles. The minimum atomic E-state index is -0.389. The van der Waals surface area contributed by atoms with Gasteiger partial charge in [0.1, 0.15) is 0 Å². The SMILES string of the molecule is CC(=O)c1ccc(NC(=O)[C@@H](C)Sc2n[nH]c(-c3cccnc3)n2)cc1. The van der Waals surface area contributed by atoms with Crippen LogP contribution in [-0.2, 0) is 4.79 Å². The summed E-state index contributed by atoms with van der Waals surface area (Å²) in [6.07, 6.45) is 3.38. The number of carbonyl (C=O) groups is 2. The quantitative estimate of drug-likeness (QED) is 0.513. The summed E-state index contributed by atoms with van der Waals surface area (Å²) in [7, 11) is 0. The molecule has 3 rings (SSSR count). The number of amides is 1. The van der Waals surface area contributed by atoms with E-state index in [0.717, 1.165) is 5.56 Å². The lowest BCUT2D eigenvalue weighted by Crippen LogP contribution is -2.22. The average Bonchev–Trinajstić information content (AvgIpc) is 3.11. The molecule has 0 aliphatic heterocycles. The van der Waals surface area contributed by atoms with Crippen molar-refractivity contribution in [2.24, 2.45) is 0 Å². The first-order chi connectivity index (χ1) is 12.5. The third-order valence-corrected chi connectivity index (χ3v) is 4.57. The minimum Gasteiger partial charge on any atom is -0.325 e. The summed E-state index contributed by atoms with van der Waals surface area (Å²) in [6, 6.07) is 10.5. The van der Waals surface area contributed by atoms with Crippen molar-refractivity contribution in [3.05, 3.63) is 54.4 Å². The molecule has 0 bridgehead atoms. The Labute approximate surface area is 154 Å². The van der Waals surface area contributed by atoms with Gasteiger partial charge in [0.15, 0.2) is 11.6 Å². The topological polar surface area (TPSA) is 101 Å². The number of anilines is 1. The molecule has 3 aromatic rings. The zero-order chi connectivity index (χ0) is 18.5. The van der Waals surface area contributed by atoms with Gasteiger partial charge in [0.05, 0.1) is 5.25 Å². The Morgan fingerprint density at radius 3 is 2.62 bits per heavy atom. The molecule has 0 unspecified atom stereocenters. The number of nitrogens with one attached hydrogen (secondary N) is 2. The second-order valence-electron chi connectivity index (χ2n) is 5.59. The molecule has 2 aromatic heterocycles. The van der Waals surface area contributed by atoms with Crippen LogP contribution in [0.5, 0.6) is 0 Å². The van der Waals surface area contributed by atoms with Gasteiger partial charge in [-0.15, -0.1) is 5.10 Å². The van der Waals surface area contributed by atoms with Gasteiger partial charge < -0.3 is 5.32 Å². The number of benzene rings is 1. The van der Waals surface area contributed by atoms with Gasteiger partial charge in [-0.2, -0.15) is 0 Å². The van der Waals surface area contributed by atoms with Gasteiger partial charge in [0.2, 0.25) is 11.1 Å². The Balaban J connectivity index is 1.61. The monoisotopic (exact) mass is 367 g/mol. The van der Waals surface area contributed by atoms with Crippen LogP contribution in [0.15, 0.2) is 53.9 Å². The highest BCUT2D eigenvalue weighted by Gasteiger charge is 2.17. The van der Waals surface area contributed by atoms with E-state index in [1.807, 2.05) is 12.1 Å². The van der Waals surface area contributed by atoms with Gasteiger partial charge in [0.25, 0.3) is 0 Å². The lowest BCUT2D eigenvalue weighted by atomic mass is 10.1. The highest BCUT2D eigenvalue weighted by Crippen LogP contribution is 2.23. The number of nitrogens with zero attached hydrogens (tertiary/aromatic N) is 3. The van der Waals surface area contributed by atoms with Crippen molar-refractivity contribution in [1.29, 1.82) is 0 Å². The van der Waals surface area contributed by atoms with Crippen molar-refractivity contribution < 1.29 is 9.59 Å². The Hall–Kier alpha value is -3.00. The van der Waals surface area contributed by atoms with E-state index < -0.39 is 0 Å². The van der Waals surface area contributed by atoms with Gasteiger partial charge in [-0.25, -0.2) is 4.98 Å². The van der Waals surface area contributed by atoms with Crippen LogP contribution in [0.1, 0.15) is 24.2 Å². The molecular weight excluding hydrogens is 350 g/mol. The first-order valence-electron chi connectivity index (χ1n) is 7.94. The van der Waals surface area contributed by atoms with E-state index in [4.69, 9.17) is 0 Å². The van der Waals surface area contributed by atoms with Crippen LogP contribution in [-0.4, -0.2) is 37.1 Å². The smallest absolute Gasteiger partial charge is 0.237 e. The molecule has 132 valence electrons. The number of pyridine rings is 1. The van der Waals surface area contributed by atoms with E-state index in [1.54, 1.807) is 43.6 Å². The first kappa shape index (κ1) is 17.8. The molecular formula is C18H17N5O2S. The Bertz CT molecular complexity index is 909. The summed E-state index contributed by atoms with van der Waals surface area (Å²) in [4.78, 5) is 32.0. The second-order valence-corrected chi connectivity index (χ2v) is 6.90. The van der Waals surface area contributed by atoms with E-state index in [1.165, 1.54) is 18.7 Å². The molecule has 0 radical (unpaired) electrons. The van der Waals surface area contributed by atoms with Gasteiger partial charge in [-0.3, -0.25) is 19.7 Å². The minimum absolute atomic E-state index is 0.0131. The Morgan fingerprint density at radius 1 is 1.19 bits per heavy atom. The zero-order valence-electron chi connectivity index (χ0n) is 14.3. The summed E-state index contributed by atoms with van der Waals surface area (Å²) in [5.41, 5.74) is 2.07. The van der Waals surface area contributed by atoms with Gasteiger partial charge in [0, 0.05) is 29.2 Å². The Morgan fingerprint density at radius 2 is 1.96 bits per heavy atom. The van der Waals surface area contributed by atoms with E-state index in [0.29, 0.717) is 22.2 Å². The van der Waals surface area contributed by atoms with Crippen LogP contribution in [0.4, 0.5) is 5.69 Å². The van der Waals surface area contributed by atoms with Crippen molar-refractivity contribution in [3.8, 4) is 11.4 Å². The maximum atomic E-state index is 12.3. The summed E-state index contributed by atoms with van der Waals surface area (Å²) in [6.45, 7) is 3.28. The van der Waals surface area contributed by atoms with Crippen LogP contribution in [0.3, 0.4) is 0 Å².